The van der Waals surface area contributed by atoms with Gasteiger partial charge in [-0.3, -0.25) is 0 Å². The Kier molecular flexibility index (Phi) is 4.94. The van der Waals surface area contributed by atoms with Crippen molar-refractivity contribution in [3.63, 3.8) is 0 Å². The number of oxazole rings is 1. The van der Waals surface area contributed by atoms with Crippen LogP contribution >= 0.6 is 11.6 Å². The molecule has 0 radical (unpaired) electrons. The summed E-state index contributed by atoms with van der Waals surface area (Å²) in [5.41, 5.74) is 1.45. The number of hydrogen-bond donors (Lipinski definition) is 1. The molecule has 4 rings (SSSR count). The van der Waals surface area contributed by atoms with E-state index in [1.165, 1.54) is 6.07 Å². The van der Waals surface area contributed by atoms with Crippen LogP contribution in [0.15, 0.2) is 34.7 Å². The molecule has 8 heteroatoms. The van der Waals surface area contributed by atoms with Gasteiger partial charge < -0.3 is 14.4 Å². The molecule has 1 aliphatic rings. The molecule has 0 spiro atoms. The summed E-state index contributed by atoms with van der Waals surface area (Å²) in [5.74, 6) is 1.18. The third kappa shape index (κ3) is 4.03. The smallest absolute Gasteiger partial charge is 0.335 e. The molecule has 1 saturated heterocycles. The van der Waals surface area contributed by atoms with Gasteiger partial charge in [-0.1, -0.05) is 11.6 Å². The number of carboxylic acid groups (broad SMARTS) is 1. The molecule has 140 valence electrons. The molecule has 1 aromatic carbocycles. The Morgan fingerprint density at radius 1 is 1.22 bits per heavy atom. The van der Waals surface area contributed by atoms with Crippen molar-refractivity contribution in [3.8, 4) is 0 Å². The topological polar surface area (TPSA) is 92.3 Å². The molecular weight excluding hydrogens is 368 g/mol. The maximum absolute atomic E-state index is 11.1. The number of aromatic carboxylic acids is 1. The SMILES string of the molecule is O=C(O)c1ccc2oc(CCC3CCN(c4ccc(Cl)nn4)CC3)nc2c1. The molecular formula is C19H19ClN4O3. The minimum atomic E-state index is -0.960. The molecule has 1 aliphatic heterocycles. The van der Waals surface area contributed by atoms with Crippen LogP contribution in [0.3, 0.4) is 0 Å². The maximum atomic E-state index is 11.1. The molecule has 0 amide bonds. The van der Waals surface area contributed by atoms with Crippen molar-refractivity contribution in [1.29, 1.82) is 0 Å². The van der Waals surface area contributed by atoms with Crippen molar-refractivity contribution >= 4 is 34.5 Å². The summed E-state index contributed by atoms with van der Waals surface area (Å²) in [6.45, 7) is 1.88. The lowest BCUT2D eigenvalue weighted by atomic mass is 9.92. The summed E-state index contributed by atoms with van der Waals surface area (Å²) in [4.78, 5) is 17.7. The van der Waals surface area contributed by atoms with E-state index in [1.54, 1.807) is 18.2 Å². The van der Waals surface area contributed by atoms with Crippen molar-refractivity contribution in [1.82, 2.24) is 15.2 Å². The van der Waals surface area contributed by atoms with E-state index in [2.05, 4.69) is 20.1 Å². The van der Waals surface area contributed by atoms with Crippen LogP contribution in [0.2, 0.25) is 5.15 Å². The van der Waals surface area contributed by atoms with E-state index in [4.69, 9.17) is 21.1 Å². The molecule has 2 aromatic heterocycles. The van der Waals surface area contributed by atoms with Gasteiger partial charge in [0.1, 0.15) is 5.52 Å². The zero-order valence-electron chi connectivity index (χ0n) is 14.6. The lowest BCUT2D eigenvalue weighted by molar-refractivity contribution is 0.0697. The number of piperidine rings is 1. The normalized spacial score (nSPS) is 15.4. The van der Waals surface area contributed by atoms with Crippen LogP contribution in [0.25, 0.3) is 11.1 Å². The van der Waals surface area contributed by atoms with Gasteiger partial charge in [0, 0.05) is 19.5 Å². The van der Waals surface area contributed by atoms with Crippen LogP contribution < -0.4 is 4.90 Å². The number of aryl methyl sites for hydroxylation is 1. The van der Waals surface area contributed by atoms with Crippen LogP contribution in [0, 0.1) is 5.92 Å². The monoisotopic (exact) mass is 386 g/mol. The molecule has 0 unspecified atom stereocenters. The van der Waals surface area contributed by atoms with Crippen LogP contribution in [0.1, 0.15) is 35.5 Å². The highest BCUT2D eigenvalue weighted by Gasteiger charge is 2.21. The zero-order chi connectivity index (χ0) is 18.8. The Morgan fingerprint density at radius 2 is 2.04 bits per heavy atom. The van der Waals surface area contributed by atoms with E-state index in [0.29, 0.717) is 28.1 Å². The first-order valence-electron chi connectivity index (χ1n) is 8.95. The molecule has 1 fully saturated rings. The number of benzene rings is 1. The van der Waals surface area contributed by atoms with Gasteiger partial charge in [-0.25, -0.2) is 9.78 Å². The Morgan fingerprint density at radius 3 is 2.74 bits per heavy atom. The lowest BCUT2D eigenvalue weighted by Gasteiger charge is -2.32. The minimum Gasteiger partial charge on any atom is -0.478 e. The van der Waals surface area contributed by atoms with Gasteiger partial charge in [0.2, 0.25) is 0 Å². The average Bonchev–Trinajstić information content (AvgIpc) is 3.09. The van der Waals surface area contributed by atoms with E-state index in [9.17, 15) is 4.79 Å². The van der Waals surface area contributed by atoms with E-state index in [-0.39, 0.29) is 5.56 Å². The lowest BCUT2D eigenvalue weighted by Crippen LogP contribution is -2.34. The van der Waals surface area contributed by atoms with E-state index in [1.807, 2.05) is 6.07 Å². The van der Waals surface area contributed by atoms with Gasteiger partial charge >= 0.3 is 5.97 Å². The highest BCUT2D eigenvalue weighted by atomic mass is 35.5. The highest BCUT2D eigenvalue weighted by molar-refractivity contribution is 6.29. The Balaban J connectivity index is 1.32. The standard InChI is InChI=1S/C19H19ClN4O3/c20-16-4-5-17(23-22-16)24-9-7-12(8-10-24)1-6-18-21-14-11-13(19(25)26)2-3-15(14)27-18/h2-5,11-12H,1,6-10H2,(H,25,26). The first-order chi connectivity index (χ1) is 13.1. The second kappa shape index (κ2) is 7.52. The van der Waals surface area contributed by atoms with E-state index >= 15 is 0 Å². The van der Waals surface area contributed by atoms with Crippen molar-refractivity contribution < 1.29 is 14.3 Å². The first-order valence-corrected chi connectivity index (χ1v) is 9.33. The van der Waals surface area contributed by atoms with Crippen molar-refractivity contribution in [2.24, 2.45) is 5.92 Å². The zero-order valence-corrected chi connectivity index (χ0v) is 15.4. The molecule has 1 N–H and O–H groups in total. The third-order valence-corrected chi connectivity index (χ3v) is 5.20. The maximum Gasteiger partial charge on any atom is 0.335 e. The molecule has 0 bridgehead atoms. The molecule has 0 aliphatic carbocycles. The fourth-order valence-corrected chi connectivity index (χ4v) is 3.57. The van der Waals surface area contributed by atoms with Gasteiger partial charge in [0.25, 0.3) is 0 Å². The average molecular weight is 387 g/mol. The Hall–Kier alpha value is -2.67. The molecule has 0 atom stereocenters. The summed E-state index contributed by atoms with van der Waals surface area (Å²) < 4.78 is 5.75. The summed E-state index contributed by atoms with van der Waals surface area (Å²) in [6, 6.07) is 8.42. The number of anilines is 1. The molecule has 3 aromatic rings. The number of aromatic nitrogens is 3. The van der Waals surface area contributed by atoms with Gasteiger partial charge in [-0.05, 0) is 55.5 Å². The van der Waals surface area contributed by atoms with Crippen molar-refractivity contribution in [2.75, 3.05) is 18.0 Å². The number of nitrogens with zero attached hydrogens (tertiary/aromatic N) is 4. The second-order valence-electron chi connectivity index (χ2n) is 6.78. The van der Waals surface area contributed by atoms with Crippen LogP contribution in [-0.4, -0.2) is 39.3 Å². The predicted octanol–water partition coefficient (Wildman–Crippen LogP) is 3.82. The minimum absolute atomic E-state index is 0.222. The number of fused-ring (bicyclic) bond motifs is 1. The van der Waals surface area contributed by atoms with Crippen molar-refractivity contribution in [3.05, 3.63) is 46.9 Å². The summed E-state index contributed by atoms with van der Waals surface area (Å²) >= 11 is 5.79. The number of carbonyl (C=O) groups is 1. The van der Waals surface area contributed by atoms with Gasteiger partial charge in [-0.15, -0.1) is 10.2 Å². The van der Waals surface area contributed by atoms with E-state index in [0.717, 1.165) is 44.6 Å². The van der Waals surface area contributed by atoms with Gasteiger partial charge in [0.15, 0.2) is 22.4 Å². The summed E-state index contributed by atoms with van der Waals surface area (Å²) in [6.07, 6.45) is 3.91. The van der Waals surface area contributed by atoms with Crippen LogP contribution in [0.4, 0.5) is 5.82 Å². The van der Waals surface area contributed by atoms with Gasteiger partial charge in [-0.2, -0.15) is 0 Å². The van der Waals surface area contributed by atoms with Crippen LogP contribution in [0.5, 0.6) is 0 Å². The second-order valence-corrected chi connectivity index (χ2v) is 7.17. The quantitative estimate of drug-likeness (QED) is 0.712. The fraction of sp³-hybridized carbons (Fsp3) is 0.368. The van der Waals surface area contributed by atoms with Gasteiger partial charge in [0.05, 0.1) is 5.56 Å². The summed E-state index contributed by atoms with van der Waals surface area (Å²) in [5, 5.41) is 17.5. The van der Waals surface area contributed by atoms with E-state index < -0.39 is 5.97 Å². The largest absolute Gasteiger partial charge is 0.478 e. The van der Waals surface area contributed by atoms with Crippen molar-refractivity contribution in [2.45, 2.75) is 25.7 Å². The Bertz CT molecular complexity index is 949. The molecule has 27 heavy (non-hydrogen) atoms. The summed E-state index contributed by atoms with van der Waals surface area (Å²) in [7, 11) is 0. The number of hydrogen-bond acceptors (Lipinski definition) is 6. The number of halogens is 1. The predicted molar refractivity (Wildman–Crippen MR) is 101 cm³/mol. The Labute approximate surface area is 161 Å². The first kappa shape index (κ1) is 17.7. The fourth-order valence-electron chi connectivity index (χ4n) is 3.47. The number of rotatable bonds is 5. The van der Waals surface area contributed by atoms with Crippen LogP contribution in [-0.2, 0) is 6.42 Å². The molecule has 3 heterocycles. The molecule has 7 nitrogen and oxygen atoms in total. The molecule has 0 saturated carbocycles. The third-order valence-electron chi connectivity index (χ3n) is 5.00. The highest BCUT2D eigenvalue weighted by Crippen LogP contribution is 2.26. The number of carboxylic acids is 1.